The van der Waals surface area contributed by atoms with Crippen LogP contribution in [-0.2, 0) is 22.5 Å². The lowest BCUT2D eigenvalue weighted by atomic mass is 9.92. The molecule has 29 heavy (non-hydrogen) atoms. The molecule has 0 bridgehead atoms. The minimum Gasteiger partial charge on any atom is -0.447 e. The Bertz CT molecular complexity index is 840. The molecule has 0 unspecified atom stereocenters. The number of benzene rings is 2. The first-order valence-corrected chi connectivity index (χ1v) is 10.5. The van der Waals surface area contributed by atoms with E-state index in [0.717, 1.165) is 25.1 Å². The summed E-state index contributed by atoms with van der Waals surface area (Å²) in [6.45, 7) is 4.80. The van der Waals surface area contributed by atoms with Crippen molar-refractivity contribution in [3.05, 3.63) is 71.8 Å². The van der Waals surface area contributed by atoms with Gasteiger partial charge in [0.2, 0.25) is 5.91 Å². The Hall–Kier alpha value is -2.66. The van der Waals surface area contributed by atoms with Gasteiger partial charge in [0.15, 0.2) is 0 Å². The number of imide groups is 1. The SMILES string of the molecule is CC[C@@H]1CN(Cc2ccccc2)C[C@@H]1C(=O)N1C(=O)OC[C@@H]1Cc1ccccc1. The Morgan fingerprint density at radius 2 is 1.66 bits per heavy atom. The second-order valence-corrected chi connectivity index (χ2v) is 8.08. The molecule has 2 fully saturated rings. The number of ether oxygens (including phenoxy) is 1. The molecule has 2 aliphatic heterocycles. The Labute approximate surface area is 172 Å². The van der Waals surface area contributed by atoms with E-state index in [1.807, 2.05) is 48.5 Å². The summed E-state index contributed by atoms with van der Waals surface area (Å²) in [4.78, 5) is 29.6. The maximum absolute atomic E-state index is 13.4. The van der Waals surface area contributed by atoms with E-state index in [4.69, 9.17) is 4.74 Å². The summed E-state index contributed by atoms with van der Waals surface area (Å²) in [5, 5.41) is 0. The molecule has 0 saturated carbocycles. The van der Waals surface area contributed by atoms with Gasteiger partial charge in [0.25, 0.3) is 0 Å². The lowest BCUT2D eigenvalue weighted by molar-refractivity contribution is -0.134. The van der Waals surface area contributed by atoms with Gasteiger partial charge in [-0.25, -0.2) is 9.69 Å². The molecule has 5 nitrogen and oxygen atoms in total. The van der Waals surface area contributed by atoms with Crippen molar-refractivity contribution in [1.29, 1.82) is 0 Å². The average Bonchev–Trinajstić information content (AvgIpc) is 3.32. The van der Waals surface area contributed by atoms with Crippen molar-refractivity contribution in [2.24, 2.45) is 11.8 Å². The lowest BCUT2D eigenvalue weighted by Crippen LogP contribution is -2.45. The molecule has 2 heterocycles. The topological polar surface area (TPSA) is 49.9 Å². The third-order valence-electron chi connectivity index (χ3n) is 6.12. The highest BCUT2D eigenvalue weighted by Crippen LogP contribution is 2.31. The van der Waals surface area contributed by atoms with Crippen LogP contribution in [-0.4, -0.2) is 47.5 Å². The fourth-order valence-electron chi connectivity index (χ4n) is 4.57. The van der Waals surface area contributed by atoms with E-state index in [0.29, 0.717) is 13.0 Å². The van der Waals surface area contributed by atoms with Crippen LogP contribution >= 0.6 is 0 Å². The van der Waals surface area contributed by atoms with Gasteiger partial charge in [-0.3, -0.25) is 9.69 Å². The molecule has 152 valence electrons. The highest BCUT2D eigenvalue weighted by Gasteiger charge is 2.45. The fourth-order valence-corrected chi connectivity index (χ4v) is 4.57. The van der Waals surface area contributed by atoms with Crippen molar-refractivity contribution in [2.45, 2.75) is 32.4 Å². The molecule has 2 aromatic rings. The van der Waals surface area contributed by atoms with Crippen molar-refractivity contribution in [1.82, 2.24) is 9.80 Å². The van der Waals surface area contributed by atoms with Gasteiger partial charge in [0.1, 0.15) is 6.61 Å². The van der Waals surface area contributed by atoms with E-state index in [1.165, 1.54) is 10.5 Å². The number of amides is 2. The van der Waals surface area contributed by atoms with Gasteiger partial charge in [0, 0.05) is 19.6 Å². The quantitative estimate of drug-likeness (QED) is 0.752. The smallest absolute Gasteiger partial charge is 0.416 e. The zero-order valence-corrected chi connectivity index (χ0v) is 16.9. The first kappa shape index (κ1) is 19.6. The monoisotopic (exact) mass is 392 g/mol. The Kier molecular flexibility index (Phi) is 5.95. The lowest BCUT2D eigenvalue weighted by Gasteiger charge is -2.25. The standard InChI is InChI=1S/C24H28N2O3/c1-2-20-15-25(14-19-11-7-4-8-12-19)16-22(20)23(27)26-21(17-29-24(26)28)13-18-9-5-3-6-10-18/h3-12,20-22H,2,13-17H2,1H3/t20-,21+,22+/m1/s1. The van der Waals surface area contributed by atoms with Crippen LogP contribution in [0.2, 0.25) is 0 Å². The van der Waals surface area contributed by atoms with Gasteiger partial charge in [-0.05, 0) is 23.5 Å². The van der Waals surface area contributed by atoms with Crippen molar-refractivity contribution in [3.8, 4) is 0 Å². The number of rotatable bonds is 6. The molecule has 0 aliphatic carbocycles. The van der Waals surface area contributed by atoms with Crippen molar-refractivity contribution in [2.75, 3.05) is 19.7 Å². The van der Waals surface area contributed by atoms with Crippen LogP contribution < -0.4 is 0 Å². The number of nitrogens with zero attached hydrogens (tertiary/aromatic N) is 2. The maximum atomic E-state index is 13.4. The number of hydrogen-bond donors (Lipinski definition) is 0. The van der Waals surface area contributed by atoms with Crippen molar-refractivity contribution in [3.63, 3.8) is 0 Å². The van der Waals surface area contributed by atoms with Crippen LogP contribution in [0.15, 0.2) is 60.7 Å². The Morgan fingerprint density at radius 1 is 1.00 bits per heavy atom. The van der Waals surface area contributed by atoms with Crippen molar-refractivity contribution < 1.29 is 14.3 Å². The van der Waals surface area contributed by atoms with E-state index in [1.54, 1.807) is 0 Å². The van der Waals surface area contributed by atoms with Gasteiger partial charge in [-0.2, -0.15) is 0 Å². The molecular weight excluding hydrogens is 364 g/mol. The molecule has 0 spiro atoms. The third kappa shape index (κ3) is 4.35. The Balaban J connectivity index is 1.46. The number of cyclic esters (lactones) is 1. The van der Waals surface area contributed by atoms with Crippen LogP contribution in [0.4, 0.5) is 4.79 Å². The molecule has 0 radical (unpaired) electrons. The second kappa shape index (κ2) is 8.78. The van der Waals surface area contributed by atoms with E-state index in [2.05, 4.69) is 24.0 Å². The van der Waals surface area contributed by atoms with E-state index >= 15 is 0 Å². The fraction of sp³-hybridized carbons (Fsp3) is 0.417. The van der Waals surface area contributed by atoms with Crippen molar-refractivity contribution >= 4 is 12.0 Å². The van der Waals surface area contributed by atoms with E-state index in [-0.39, 0.29) is 30.4 Å². The van der Waals surface area contributed by atoms with Gasteiger partial charge in [-0.1, -0.05) is 74.0 Å². The molecule has 3 atom stereocenters. The summed E-state index contributed by atoms with van der Waals surface area (Å²) in [6, 6.07) is 20.1. The summed E-state index contributed by atoms with van der Waals surface area (Å²) < 4.78 is 5.27. The molecule has 2 saturated heterocycles. The molecule has 2 aliphatic rings. The molecule has 2 aromatic carbocycles. The van der Waals surface area contributed by atoms with Crippen LogP contribution in [0.3, 0.4) is 0 Å². The average molecular weight is 392 g/mol. The molecule has 0 aromatic heterocycles. The summed E-state index contributed by atoms with van der Waals surface area (Å²) in [5.41, 5.74) is 2.36. The first-order valence-electron chi connectivity index (χ1n) is 10.5. The maximum Gasteiger partial charge on any atom is 0.416 e. The van der Waals surface area contributed by atoms with E-state index in [9.17, 15) is 9.59 Å². The highest BCUT2D eigenvalue weighted by atomic mass is 16.6. The molecule has 4 rings (SSSR count). The predicted molar refractivity (Wildman–Crippen MR) is 111 cm³/mol. The van der Waals surface area contributed by atoms with Gasteiger partial charge < -0.3 is 4.74 Å². The molecule has 0 N–H and O–H groups in total. The van der Waals surface area contributed by atoms with Crippen LogP contribution in [0.25, 0.3) is 0 Å². The summed E-state index contributed by atoms with van der Waals surface area (Å²) in [5.74, 6) is 0.0282. The molecular formula is C24H28N2O3. The number of hydrogen-bond acceptors (Lipinski definition) is 4. The highest BCUT2D eigenvalue weighted by molar-refractivity contribution is 5.95. The van der Waals surface area contributed by atoms with E-state index < -0.39 is 6.09 Å². The number of carbonyl (C=O) groups excluding carboxylic acids is 2. The summed E-state index contributed by atoms with van der Waals surface area (Å²) >= 11 is 0. The second-order valence-electron chi connectivity index (χ2n) is 8.08. The zero-order valence-electron chi connectivity index (χ0n) is 16.9. The first-order chi connectivity index (χ1) is 14.2. The van der Waals surface area contributed by atoms with Gasteiger partial charge in [0.05, 0.1) is 12.0 Å². The zero-order chi connectivity index (χ0) is 20.2. The van der Waals surface area contributed by atoms with Gasteiger partial charge >= 0.3 is 6.09 Å². The largest absolute Gasteiger partial charge is 0.447 e. The number of carbonyl (C=O) groups is 2. The Morgan fingerprint density at radius 3 is 2.31 bits per heavy atom. The van der Waals surface area contributed by atoms with Crippen LogP contribution in [0, 0.1) is 11.8 Å². The predicted octanol–water partition coefficient (Wildman–Crippen LogP) is 3.73. The molecule has 2 amide bonds. The minimum atomic E-state index is -0.493. The minimum absolute atomic E-state index is 0.0733. The summed E-state index contributed by atoms with van der Waals surface area (Å²) in [7, 11) is 0. The normalized spacial score (nSPS) is 24.7. The summed E-state index contributed by atoms with van der Waals surface area (Å²) in [6.07, 6.45) is 1.07. The van der Waals surface area contributed by atoms with Crippen LogP contribution in [0.1, 0.15) is 24.5 Å². The number of likely N-dealkylation sites (tertiary alicyclic amines) is 1. The third-order valence-corrected chi connectivity index (χ3v) is 6.12. The van der Waals surface area contributed by atoms with Gasteiger partial charge in [-0.15, -0.1) is 0 Å². The van der Waals surface area contributed by atoms with Crippen LogP contribution in [0.5, 0.6) is 0 Å². The molecule has 5 heteroatoms.